The Morgan fingerprint density at radius 2 is 1.94 bits per heavy atom. The number of aromatic nitrogens is 1. The van der Waals surface area contributed by atoms with Crippen molar-refractivity contribution in [1.29, 1.82) is 0 Å². The Labute approximate surface area is 182 Å². The lowest BCUT2D eigenvalue weighted by Crippen LogP contribution is -2.30. The molecule has 172 valence electrons. The number of nitrogens with one attached hydrogen (secondary N) is 2. The lowest BCUT2D eigenvalue weighted by Gasteiger charge is -2.15. The molecular formula is C21H21F4N3O3S. The van der Waals surface area contributed by atoms with Crippen LogP contribution in [0.4, 0.5) is 29.1 Å². The molecule has 0 radical (unpaired) electrons. The number of sulfone groups is 1. The minimum absolute atomic E-state index is 0.0480. The van der Waals surface area contributed by atoms with Gasteiger partial charge in [0.25, 0.3) is 5.91 Å². The van der Waals surface area contributed by atoms with Crippen molar-refractivity contribution in [3.8, 4) is 0 Å². The molecule has 2 aromatic rings. The first-order chi connectivity index (χ1) is 15.0. The third-order valence-corrected chi connectivity index (χ3v) is 7.48. The number of hydrogen-bond donors (Lipinski definition) is 2. The highest BCUT2D eigenvalue weighted by Gasteiger charge is 2.35. The van der Waals surface area contributed by atoms with Gasteiger partial charge < -0.3 is 10.6 Å². The molecule has 4 rings (SSSR count). The highest BCUT2D eigenvalue weighted by molar-refractivity contribution is 7.91. The summed E-state index contributed by atoms with van der Waals surface area (Å²) in [5, 5.41) is 5.33. The van der Waals surface area contributed by atoms with E-state index in [2.05, 4.69) is 15.6 Å². The fourth-order valence-electron chi connectivity index (χ4n) is 3.81. The van der Waals surface area contributed by atoms with E-state index in [0.29, 0.717) is 23.6 Å². The van der Waals surface area contributed by atoms with Crippen molar-refractivity contribution >= 4 is 27.2 Å². The van der Waals surface area contributed by atoms with Crippen LogP contribution in [-0.4, -0.2) is 37.4 Å². The van der Waals surface area contributed by atoms with Gasteiger partial charge in [-0.15, -0.1) is 0 Å². The third-order valence-electron chi connectivity index (χ3n) is 5.64. The van der Waals surface area contributed by atoms with Gasteiger partial charge in [0.15, 0.2) is 15.7 Å². The van der Waals surface area contributed by atoms with Crippen molar-refractivity contribution in [3.63, 3.8) is 0 Å². The van der Waals surface area contributed by atoms with Gasteiger partial charge in [0.1, 0.15) is 5.82 Å². The van der Waals surface area contributed by atoms with Gasteiger partial charge in [0.2, 0.25) is 0 Å². The molecule has 2 N–H and O–H groups in total. The Hall–Kier alpha value is -2.69. The Morgan fingerprint density at radius 3 is 2.56 bits per heavy atom. The van der Waals surface area contributed by atoms with Crippen molar-refractivity contribution in [3.05, 3.63) is 53.0 Å². The molecule has 1 saturated heterocycles. The molecule has 0 bridgehead atoms. The molecule has 1 aliphatic carbocycles. The Bertz CT molecular complexity index is 1150. The number of rotatable bonds is 6. The smallest absolute Gasteiger partial charge is 0.352 e. The van der Waals surface area contributed by atoms with E-state index in [1.807, 2.05) is 0 Å². The van der Waals surface area contributed by atoms with Crippen molar-refractivity contribution in [2.75, 3.05) is 23.4 Å². The van der Waals surface area contributed by atoms with E-state index >= 15 is 0 Å². The molecule has 1 unspecified atom stereocenters. The highest BCUT2D eigenvalue weighted by atomic mass is 32.2. The maximum Gasteiger partial charge on any atom is 0.419 e. The normalized spacial score (nSPS) is 20.2. The zero-order valence-electron chi connectivity index (χ0n) is 16.9. The number of nitrogens with zero attached hydrogens (tertiary/aromatic N) is 1. The summed E-state index contributed by atoms with van der Waals surface area (Å²) in [6, 6.07) is 4.49. The van der Waals surface area contributed by atoms with Crippen LogP contribution in [0, 0.1) is 11.7 Å². The molecule has 2 aliphatic rings. The first-order valence-corrected chi connectivity index (χ1v) is 12.0. The van der Waals surface area contributed by atoms with Gasteiger partial charge in [0, 0.05) is 12.7 Å². The van der Waals surface area contributed by atoms with Crippen LogP contribution in [0.2, 0.25) is 0 Å². The fourth-order valence-corrected chi connectivity index (χ4v) is 5.67. The number of carbonyl (C=O) groups is 1. The van der Waals surface area contributed by atoms with E-state index in [1.54, 1.807) is 6.07 Å². The van der Waals surface area contributed by atoms with Gasteiger partial charge in [-0.2, -0.15) is 13.2 Å². The number of halogens is 4. The largest absolute Gasteiger partial charge is 0.419 e. The van der Waals surface area contributed by atoms with E-state index in [9.17, 15) is 30.8 Å². The molecule has 1 aromatic heterocycles. The fraction of sp³-hybridized carbons (Fsp3) is 0.429. The van der Waals surface area contributed by atoms with E-state index in [0.717, 1.165) is 18.9 Å². The van der Waals surface area contributed by atoms with E-state index in [-0.39, 0.29) is 47.3 Å². The standard InChI is InChI=1S/C21H21F4N3O3S/c22-19-16(21(23,24)25)2-1-3-17(19)28-18-8-14(13-4-5-13)15(10-26-18)20(29)27-9-12-6-7-32(30,31)11-12/h1-3,8,10,12-13H,4-7,9,11H2,(H,26,28)(H,27,29). The van der Waals surface area contributed by atoms with Crippen LogP contribution in [0.5, 0.6) is 0 Å². The molecule has 6 nitrogen and oxygen atoms in total. The molecule has 1 amide bonds. The maximum absolute atomic E-state index is 14.3. The second-order valence-electron chi connectivity index (χ2n) is 8.20. The van der Waals surface area contributed by atoms with Gasteiger partial charge in [-0.05, 0) is 54.9 Å². The van der Waals surface area contributed by atoms with Gasteiger partial charge >= 0.3 is 6.18 Å². The number of alkyl halides is 3. The summed E-state index contributed by atoms with van der Waals surface area (Å²) in [4.78, 5) is 16.8. The zero-order valence-corrected chi connectivity index (χ0v) is 17.7. The van der Waals surface area contributed by atoms with Crippen molar-refractivity contribution in [1.82, 2.24) is 10.3 Å². The van der Waals surface area contributed by atoms with Crippen molar-refractivity contribution < 1.29 is 30.8 Å². The van der Waals surface area contributed by atoms with Crippen LogP contribution in [0.15, 0.2) is 30.5 Å². The van der Waals surface area contributed by atoms with Crippen LogP contribution in [-0.2, 0) is 16.0 Å². The topological polar surface area (TPSA) is 88.2 Å². The van der Waals surface area contributed by atoms with Gasteiger partial charge in [-0.3, -0.25) is 4.79 Å². The van der Waals surface area contributed by atoms with Crippen LogP contribution < -0.4 is 10.6 Å². The molecule has 1 atom stereocenters. The number of pyridine rings is 1. The summed E-state index contributed by atoms with van der Waals surface area (Å²) in [7, 11) is -3.04. The van der Waals surface area contributed by atoms with Crippen molar-refractivity contribution in [2.45, 2.75) is 31.4 Å². The summed E-state index contributed by atoms with van der Waals surface area (Å²) < 4.78 is 76.3. The summed E-state index contributed by atoms with van der Waals surface area (Å²) >= 11 is 0. The van der Waals surface area contributed by atoms with Crippen molar-refractivity contribution in [2.24, 2.45) is 5.92 Å². The van der Waals surface area contributed by atoms with Gasteiger partial charge in [-0.1, -0.05) is 6.07 Å². The Kier molecular flexibility index (Phi) is 5.87. The summed E-state index contributed by atoms with van der Waals surface area (Å²) in [5.41, 5.74) is -0.751. The molecule has 0 spiro atoms. The average molecular weight is 471 g/mol. The van der Waals surface area contributed by atoms with Gasteiger partial charge in [0.05, 0.1) is 28.3 Å². The molecule has 11 heteroatoms. The SMILES string of the molecule is O=C(NCC1CCS(=O)(=O)C1)c1cnc(Nc2cccc(C(F)(F)F)c2F)cc1C1CC1. The van der Waals surface area contributed by atoms with E-state index in [4.69, 9.17) is 0 Å². The second-order valence-corrected chi connectivity index (χ2v) is 10.4. The lowest BCUT2D eigenvalue weighted by atomic mass is 10.0. The predicted octanol–water partition coefficient (Wildman–Crippen LogP) is 4.03. The number of anilines is 2. The molecular weight excluding hydrogens is 450 g/mol. The monoisotopic (exact) mass is 471 g/mol. The minimum Gasteiger partial charge on any atom is -0.352 e. The molecule has 1 aliphatic heterocycles. The molecule has 2 heterocycles. The number of amides is 1. The summed E-state index contributed by atoms with van der Waals surface area (Å²) in [6.07, 6.45) is -1.32. The molecule has 1 saturated carbocycles. The van der Waals surface area contributed by atoms with Crippen LogP contribution in [0.25, 0.3) is 0 Å². The second kappa shape index (κ2) is 8.34. The Morgan fingerprint density at radius 1 is 1.19 bits per heavy atom. The minimum atomic E-state index is -4.82. The van der Waals surface area contributed by atoms with E-state index < -0.39 is 27.4 Å². The first kappa shape index (κ1) is 22.5. The number of benzene rings is 1. The first-order valence-electron chi connectivity index (χ1n) is 10.1. The number of hydrogen-bond acceptors (Lipinski definition) is 5. The highest BCUT2D eigenvalue weighted by Crippen LogP contribution is 2.42. The maximum atomic E-state index is 14.3. The Balaban J connectivity index is 1.51. The summed E-state index contributed by atoms with van der Waals surface area (Å²) in [5.74, 6) is -1.54. The third kappa shape index (κ3) is 5.03. The zero-order chi connectivity index (χ0) is 23.1. The number of carbonyl (C=O) groups excluding carboxylic acids is 1. The van der Waals surface area contributed by atoms with Crippen LogP contribution in [0.1, 0.15) is 46.7 Å². The molecule has 1 aromatic carbocycles. The van der Waals surface area contributed by atoms with E-state index in [1.165, 1.54) is 12.3 Å². The average Bonchev–Trinajstić information content (AvgIpc) is 3.50. The molecule has 32 heavy (non-hydrogen) atoms. The summed E-state index contributed by atoms with van der Waals surface area (Å²) in [6.45, 7) is 0.234. The van der Waals surface area contributed by atoms with Crippen LogP contribution in [0.3, 0.4) is 0 Å². The molecule has 2 fully saturated rings. The van der Waals surface area contributed by atoms with Crippen LogP contribution >= 0.6 is 0 Å². The lowest BCUT2D eigenvalue weighted by molar-refractivity contribution is -0.139. The quantitative estimate of drug-likeness (QED) is 0.622. The predicted molar refractivity (Wildman–Crippen MR) is 110 cm³/mol. The van der Waals surface area contributed by atoms with Gasteiger partial charge in [-0.25, -0.2) is 17.8 Å².